The van der Waals surface area contributed by atoms with Gasteiger partial charge in [0.15, 0.2) is 0 Å². The van der Waals surface area contributed by atoms with E-state index in [4.69, 9.17) is 5.11 Å². The molecule has 0 saturated heterocycles. The first-order chi connectivity index (χ1) is 8.08. The molecule has 0 heterocycles. The number of benzene rings is 1. The van der Waals surface area contributed by atoms with Crippen molar-refractivity contribution in [2.75, 3.05) is 5.32 Å². The highest BCUT2D eigenvalue weighted by Gasteiger charge is 2.23. The number of rotatable bonds is 4. The van der Waals surface area contributed by atoms with Crippen LogP contribution in [0.5, 0.6) is 0 Å². The molecule has 2 N–H and O–H groups in total. The van der Waals surface area contributed by atoms with Gasteiger partial charge in [0, 0.05) is 11.7 Å². The highest BCUT2D eigenvalue weighted by atomic mass is 16.4. The van der Waals surface area contributed by atoms with E-state index in [9.17, 15) is 4.79 Å². The first kappa shape index (κ1) is 12.0. The zero-order valence-corrected chi connectivity index (χ0v) is 10.4. The molecule has 0 bridgehead atoms. The second-order valence-electron chi connectivity index (χ2n) is 4.96. The van der Waals surface area contributed by atoms with E-state index in [0.717, 1.165) is 17.2 Å². The third-order valence-corrected chi connectivity index (χ3v) is 3.71. The molecule has 0 aliphatic heterocycles. The lowest BCUT2D eigenvalue weighted by Gasteiger charge is -2.32. The van der Waals surface area contributed by atoms with Crippen LogP contribution in [0.15, 0.2) is 18.2 Å². The van der Waals surface area contributed by atoms with Crippen molar-refractivity contribution >= 4 is 11.7 Å². The van der Waals surface area contributed by atoms with Crippen molar-refractivity contribution in [3.05, 3.63) is 29.3 Å². The number of aromatic carboxylic acids is 1. The molecule has 1 aromatic carbocycles. The van der Waals surface area contributed by atoms with E-state index in [1.165, 1.54) is 19.3 Å². The molecule has 3 heteroatoms. The molecule has 17 heavy (non-hydrogen) atoms. The summed E-state index contributed by atoms with van der Waals surface area (Å²) in [4.78, 5) is 10.9. The number of anilines is 1. The van der Waals surface area contributed by atoms with Gasteiger partial charge in [0.2, 0.25) is 0 Å². The van der Waals surface area contributed by atoms with Crippen LogP contribution in [0.1, 0.15) is 42.1 Å². The molecule has 2 rings (SSSR count). The Hall–Kier alpha value is -1.51. The summed E-state index contributed by atoms with van der Waals surface area (Å²) in [5.41, 5.74) is 2.21. The molecule has 1 aliphatic carbocycles. The predicted octanol–water partition coefficient (Wildman–Crippen LogP) is 3.29. The lowest BCUT2D eigenvalue weighted by atomic mass is 9.80. The number of carboxylic acid groups (broad SMARTS) is 1. The molecule has 92 valence electrons. The van der Waals surface area contributed by atoms with Crippen molar-refractivity contribution in [2.24, 2.45) is 5.92 Å². The molecule has 1 aliphatic rings. The van der Waals surface area contributed by atoms with Crippen LogP contribution >= 0.6 is 0 Å². The quantitative estimate of drug-likeness (QED) is 0.839. The molecule has 0 radical (unpaired) electrons. The maximum absolute atomic E-state index is 10.9. The number of carboxylic acids is 1. The summed E-state index contributed by atoms with van der Waals surface area (Å²) in [6.45, 7) is 4.03. The van der Waals surface area contributed by atoms with Crippen molar-refractivity contribution < 1.29 is 9.90 Å². The Kier molecular flexibility index (Phi) is 3.36. The number of carbonyl (C=O) groups is 1. The zero-order valence-electron chi connectivity index (χ0n) is 10.4. The summed E-state index contributed by atoms with van der Waals surface area (Å²) in [5.74, 6) is -0.0875. The zero-order chi connectivity index (χ0) is 12.4. The van der Waals surface area contributed by atoms with E-state index < -0.39 is 5.97 Å². The average Bonchev–Trinajstić information content (AvgIpc) is 2.13. The minimum absolute atomic E-state index is 0.381. The lowest BCUT2D eigenvalue weighted by Crippen LogP contribution is -2.30. The van der Waals surface area contributed by atoms with E-state index in [-0.39, 0.29) is 0 Å². The third kappa shape index (κ3) is 2.60. The van der Waals surface area contributed by atoms with Crippen LogP contribution in [0.2, 0.25) is 0 Å². The van der Waals surface area contributed by atoms with Crippen LogP contribution in [0, 0.1) is 12.8 Å². The molecule has 3 nitrogen and oxygen atoms in total. The van der Waals surface area contributed by atoms with Crippen LogP contribution in [-0.2, 0) is 0 Å². The van der Waals surface area contributed by atoms with Gasteiger partial charge in [0.05, 0.1) is 5.56 Å². The summed E-state index contributed by atoms with van der Waals surface area (Å²) < 4.78 is 0. The lowest BCUT2D eigenvalue weighted by molar-refractivity contribution is 0.0696. The largest absolute Gasteiger partial charge is 0.478 e. The highest BCUT2D eigenvalue weighted by molar-refractivity contribution is 5.89. The molecule has 1 atom stereocenters. The van der Waals surface area contributed by atoms with Gasteiger partial charge in [-0.15, -0.1) is 0 Å². The fourth-order valence-corrected chi connectivity index (χ4v) is 2.31. The van der Waals surface area contributed by atoms with Crippen molar-refractivity contribution in [1.82, 2.24) is 0 Å². The van der Waals surface area contributed by atoms with Crippen LogP contribution in [0.25, 0.3) is 0 Å². The van der Waals surface area contributed by atoms with Crippen LogP contribution in [0.4, 0.5) is 5.69 Å². The van der Waals surface area contributed by atoms with Gasteiger partial charge >= 0.3 is 5.97 Å². The monoisotopic (exact) mass is 233 g/mol. The number of nitrogens with one attached hydrogen (secondary N) is 1. The molecule has 0 spiro atoms. The van der Waals surface area contributed by atoms with Gasteiger partial charge in [-0.3, -0.25) is 0 Å². The van der Waals surface area contributed by atoms with Crippen LogP contribution in [0.3, 0.4) is 0 Å². The van der Waals surface area contributed by atoms with E-state index in [1.54, 1.807) is 6.07 Å². The van der Waals surface area contributed by atoms with Crippen LogP contribution < -0.4 is 5.32 Å². The van der Waals surface area contributed by atoms with Gasteiger partial charge in [0.1, 0.15) is 0 Å². The second kappa shape index (κ2) is 4.78. The first-order valence-corrected chi connectivity index (χ1v) is 6.18. The second-order valence-corrected chi connectivity index (χ2v) is 4.96. The molecule has 0 aromatic heterocycles. The Labute approximate surface area is 102 Å². The van der Waals surface area contributed by atoms with Gasteiger partial charge in [-0.25, -0.2) is 4.79 Å². The Balaban J connectivity index is 2.06. The third-order valence-electron chi connectivity index (χ3n) is 3.71. The van der Waals surface area contributed by atoms with Crippen molar-refractivity contribution in [1.29, 1.82) is 0 Å². The number of aryl methyl sites for hydroxylation is 1. The average molecular weight is 233 g/mol. The summed E-state index contributed by atoms with van der Waals surface area (Å²) in [7, 11) is 0. The summed E-state index contributed by atoms with van der Waals surface area (Å²) >= 11 is 0. The van der Waals surface area contributed by atoms with Gasteiger partial charge < -0.3 is 10.4 Å². The highest BCUT2D eigenvalue weighted by Crippen LogP contribution is 2.31. The summed E-state index contributed by atoms with van der Waals surface area (Å²) in [5, 5.41) is 12.4. The first-order valence-electron chi connectivity index (χ1n) is 6.18. The van der Waals surface area contributed by atoms with E-state index in [2.05, 4.69) is 12.2 Å². The SMILES string of the molecule is Cc1cc(NC(C)C2CCC2)ccc1C(=O)O. The maximum atomic E-state index is 10.9. The summed E-state index contributed by atoms with van der Waals surface area (Å²) in [6, 6.07) is 5.91. The molecule has 1 fully saturated rings. The van der Waals surface area contributed by atoms with Gasteiger partial charge in [-0.2, -0.15) is 0 Å². The predicted molar refractivity (Wildman–Crippen MR) is 68.6 cm³/mol. The van der Waals surface area contributed by atoms with E-state index >= 15 is 0 Å². The Morgan fingerprint density at radius 2 is 2.18 bits per heavy atom. The van der Waals surface area contributed by atoms with E-state index in [0.29, 0.717) is 11.6 Å². The molecule has 1 aromatic rings. The van der Waals surface area contributed by atoms with Gasteiger partial charge in [0.25, 0.3) is 0 Å². The topological polar surface area (TPSA) is 49.3 Å². The Morgan fingerprint density at radius 1 is 1.47 bits per heavy atom. The smallest absolute Gasteiger partial charge is 0.335 e. The fraction of sp³-hybridized carbons (Fsp3) is 0.500. The summed E-state index contributed by atoms with van der Waals surface area (Å²) in [6.07, 6.45) is 3.95. The Morgan fingerprint density at radius 3 is 2.65 bits per heavy atom. The van der Waals surface area contributed by atoms with Crippen LogP contribution in [-0.4, -0.2) is 17.1 Å². The minimum Gasteiger partial charge on any atom is -0.478 e. The van der Waals surface area contributed by atoms with E-state index in [1.807, 2.05) is 19.1 Å². The fourth-order valence-electron chi connectivity index (χ4n) is 2.31. The van der Waals surface area contributed by atoms with Gasteiger partial charge in [-0.1, -0.05) is 6.42 Å². The maximum Gasteiger partial charge on any atom is 0.335 e. The molecule has 0 amide bonds. The molecule has 1 unspecified atom stereocenters. The number of hydrogen-bond donors (Lipinski definition) is 2. The van der Waals surface area contributed by atoms with Crippen molar-refractivity contribution in [3.63, 3.8) is 0 Å². The molecular formula is C14H19NO2. The van der Waals surface area contributed by atoms with Crippen molar-refractivity contribution in [3.8, 4) is 0 Å². The number of hydrogen-bond acceptors (Lipinski definition) is 2. The minimum atomic E-state index is -0.860. The normalized spacial score (nSPS) is 17.3. The standard InChI is InChI=1S/C14H19NO2/c1-9-8-12(6-7-13(9)14(16)17)15-10(2)11-4-3-5-11/h6-8,10-11,15H,3-5H2,1-2H3,(H,16,17). The molecule has 1 saturated carbocycles. The molecular weight excluding hydrogens is 214 g/mol. The van der Waals surface area contributed by atoms with Crippen molar-refractivity contribution in [2.45, 2.75) is 39.2 Å². The van der Waals surface area contributed by atoms with Gasteiger partial charge in [-0.05, 0) is 56.4 Å². The Bertz CT molecular complexity index is 424.